The SMILES string of the molecule is CN(c1nc(N)nc(-n2cncn2)n1)C1CCS(=O)(=O)C1. The molecule has 2 aromatic rings. The van der Waals surface area contributed by atoms with Crippen molar-refractivity contribution >= 4 is 21.7 Å². The van der Waals surface area contributed by atoms with Gasteiger partial charge in [0.05, 0.1) is 11.5 Å². The van der Waals surface area contributed by atoms with Crippen molar-refractivity contribution < 1.29 is 8.42 Å². The first-order chi connectivity index (χ1) is 9.94. The average Bonchev–Trinajstić information content (AvgIpc) is 3.06. The van der Waals surface area contributed by atoms with Crippen LogP contribution < -0.4 is 10.6 Å². The van der Waals surface area contributed by atoms with Gasteiger partial charge in [0.1, 0.15) is 12.7 Å². The molecule has 112 valence electrons. The van der Waals surface area contributed by atoms with E-state index in [1.54, 1.807) is 11.9 Å². The van der Waals surface area contributed by atoms with Gasteiger partial charge in [0.15, 0.2) is 9.84 Å². The van der Waals surface area contributed by atoms with Crippen LogP contribution in [0.3, 0.4) is 0 Å². The van der Waals surface area contributed by atoms with Gasteiger partial charge in [-0.05, 0) is 6.42 Å². The summed E-state index contributed by atoms with van der Waals surface area (Å²) in [6, 6.07) is -0.166. The van der Waals surface area contributed by atoms with E-state index < -0.39 is 9.84 Å². The van der Waals surface area contributed by atoms with E-state index in [0.717, 1.165) is 0 Å². The molecule has 3 rings (SSSR count). The molecule has 0 aliphatic carbocycles. The monoisotopic (exact) mass is 310 g/mol. The molecule has 11 heteroatoms. The second-order valence-electron chi connectivity index (χ2n) is 4.80. The normalized spacial score (nSPS) is 20.5. The molecule has 1 fully saturated rings. The Labute approximate surface area is 121 Å². The second-order valence-corrected chi connectivity index (χ2v) is 7.03. The first-order valence-electron chi connectivity index (χ1n) is 6.24. The fourth-order valence-electron chi connectivity index (χ4n) is 2.19. The fourth-order valence-corrected chi connectivity index (χ4v) is 3.96. The molecule has 1 aliphatic rings. The number of nitrogens with zero attached hydrogens (tertiary/aromatic N) is 7. The molecule has 1 atom stereocenters. The molecule has 0 saturated carbocycles. The summed E-state index contributed by atoms with van der Waals surface area (Å²) in [4.78, 5) is 17.8. The molecule has 0 amide bonds. The van der Waals surface area contributed by atoms with Crippen molar-refractivity contribution in [3.63, 3.8) is 0 Å². The Morgan fingerprint density at radius 2 is 2.19 bits per heavy atom. The first-order valence-corrected chi connectivity index (χ1v) is 8.06. The van der Waals surface area contributed by atoms with Crippen LogP contribution in [0, 0.1) is 0 Å². The van der Waals surface area contributed by atoms with E-state index in [4.69, 9.17) is 5.73 Å². The predicted octanol–water partition coefficient (Wildman–Crippen LogP) is -1.34. The van der Waals surface area contributed by atoms with Crippen LogP contribution in [0.2, 0.25) is 0 Å². The smallest absolute Gasteiger partial charge is 0.258 e. The van der Waals surface area contributed by atoms with Crippen molar-refractivity contribution in [2.75, 3.05) is 29.2 Å². The molecule has 21 heavy (non-hydrogen) atoms. The number of anilines is 2. The lowest BCUT2D eigenvalue weighted by Crippen LogP contribution is -2.34. The van der Waals surface area contributed by atoms with Gasteiger partial charge in [0.25, 0.3) is 5.95 Å². The van der Waals surface area contributed by atoms with Gasteiger partial charge in [-0.1, -0.05) is 0 Å². The fraction of sp³-hybridized carbons (Fsp3) is 0.500. The van der Waals surface area contributed by atoms with Crippen molar-refractivity contribution in [1.82, 2.24) is 29.7 Å². The first kappa shape index (κ1) is 13.7. The zero-order valence-electron chi connectivity index (χ0n) is 11.3. The number of rotatable bonds is 3. The molecule has 2 N–H and O–H groups in total. The Kier molecular flexibility index (Phi) is 3.20. The van der Waals surface area contributed by atoms with E-state index in [-0.39, 0.29) is 29.4 Å². The lowest BCUT2D eigenvalue weighted by atomic mass is 10.2. The highest BCUT2D eigenvalue weighted by Crippen LogP contribution is 2.20. The van der Waals surface area contributed by atoms with Crippen molar-refractivity contribution in [3.8, 4) is 5.95 Å². The highest BCUT2D eigenvalue weighted by Gasteiger charge is 2.32. The van der Waals surface area contributed by atoms with Crippen LogP contribution in [-0.4, -0.2) is 62.7 Å². The Morgan fingerprint density at radius 3 is 2.81 bits per heavy atom. The van der Waals surface area contributed by atoms with Crippen molar-refractivity contribution in [2.45, 2.75) is 12.5 Å². The summed E-state index contributed by atoms with van der Waals surface area (Å²) >= 11 is 0. The maximum absolute atomic E-state index is 11.6. The molecule has 0 radical (unpaired) electrons. The van der Waals surface area contributed by atoms with Gasteiger partial charge in [0, 0.05) is 13.1 Å². The van der Waals surface area contributed by atoms with Gasteiger partial charge < -0.3 is 10.6 Å². The largest absolute Gasteiger partial charge is 0.368 e. The van der Waals surface area contributed by atoms with E-state index in [1.165, 1.54) is 17.3 Å². The van der Waals surface area contributed by atoms with Crippen LogP contribution in [-0.2, 0) is 9.84 Å². The third kappa shape index (κ3) is 2.77. The molecular weight excluding hydrogens is 296 g/mol. The number of hydrogen-bond acceptors (Lipinski definition) is 9. The predicted molar refractivity (Wildman–Crippen MR) is 74.6 cm³/mol. The maximum Gasteiger partial charge on any atom is 0.258 e. The van der Waals surface area contributed by atoms with E-state index in [1.807, 2.05) is 0 Å². The van der Waals surface area contributed by atoms with Crippen molar-refractivity contribution in [1.29, 1.82) is 0 Å². The van der Waals surface area contributed by atoms with Crippen molar-refractivity contribution in [2.24, 2.45) is 0 Å². The van der Waals surface area contributed by atoms with Gasteiger partial charge in [-0.15, -0.1) is 0 Å². The minimum Gasteiger partial charge on any atom is -0.368 e. The third-order valence-electron chi connectivity index (χ3n) is 3.32. The third-order valence-corrected chi connectivity index (χ3v) is 5.07. The Morgan fingerprint density at radius 1 is 1.38 bits per heavy atom. The Balaban J connectivity index is 1.92. The van der Waals surface area contributed by atoms with Crippen LogP contribution in [0.1, 0.15) is 6.42 Å². The quantitative estimate of drug-likeness (QED) is 0.730. The summed E-state index contributed by atoms with van der Waals surface area (Å²) in [5.74, 6) is 0.864. The van der Waals surface area contributed by atoms with Crippen LogP contribution in [0.15, 0.2) is 12.7 Å². The second kappa shape index (κ2) is 4.91. The molecule has 2 aromatic heterocycles. The molecule has 0 bridgehead atoms. The molecule has 0 aromatic carbocycles. The summed E-state index contributed by atoms with van der Waals surface area (Å²) in [6.07, 6.45) is 3.34. The summed E-state index contributed by atoms with van der Waals surface area (Å²) < 4.78 is 24.5. The molecule has 1 aliphatic heterocycles. The zero-order chi connectivity index (χ0) is 15.0. The van der Waals surface area contributed by atoms with Crippen LogP contribution in [0.5, 0.6) is 0 Å². The Hall–Kier alpha value is -2.30. The summed E-state index contributed by atoms with van der Waals surface area (Å²) in [5.41, 5.74) is 5.69. The summed E-state index contributed by atoms with van der Waals surface area (Å²) in [7, 11) is -1.24. The van der Waals surface area contributed by atoms with Crippen LogP contribution in [0.4, 0.5) is 11.9 Å². The maximum atomic E-state index is 11.6. The van der Waals surface area contributed by atoms with Gasteiger partial charge in [-0.25, -0.2) is 13.4 Å². The lowest BCUT2D eigenvalue weighted by Gasteiger charge is -2.23. The highest BCUT2D eigenvalue weighted by atomic mass is 32.2. The van der Waals surface area contributed by atoms with Gasteiger partial charge in [-0.2, -0.15) is 24.7 Å². The molecule has 3 heterocycles. The molecule has 0 spiro atoms. The number of sulfone groups is 1. The lowest BCUT2D eigenvalue weighted by molar-refractivity contribution is 0.600. The van der Waals surface area contributed by atoms with Crippen molar-refractivity contribution in [3.05, 3.63) is 12.7 Å². The molecule has 1 unspecified atom stereocenters. The number of hydrogen-bond donors (Lipinski definition) is 1. The number of nitrogens with two attached hydrogens (primary N) is 1. The number of nitrogen functional groups attached to an aromatic ring is 1. The highest BCUT2D eigenvalue weighted by molar-refractivity contribution is 7.91. The van der Waals surface area contributed by atoms with Gasteiger partial charge >= 0.3 is 0 Å². The zero-order valence-corrected chi connectivity index (χ0v) is 12.1. The Bertz CT molecular complexity index is 744. The van der Waals surface area contributed by atoms with Crippen LogP contribution >= 0.6 is 0 Å². The van der Waals surface area contributed by atoms with Gasteiger partial charge in [0.2, 0.25) is 11.9 Å². The van der Waals surface area contributed by atoms with Gasteiger partial charge in [-0.3, -0.25) is 0 Å². The minimum absolute atomic E-state index is 0.0400. The van der Waals surface area contributed by atoms with E-state index >= 15 is 0 Å². The molecule has 1 saturated heterocycles. The average molecular weight is 310 g/mol. The minimum atomic E-state index is -2.98. The number of aromatic nitrogens is 6. The standard InChI is InChI=1S/C10H14N8O2S/c1-17(7-2-3-21(19,20)4-7)9-14-8(11)15-10(16-9)18-6-12-5-13-18/h5-7H,2-4H2,1H3,(H2,11,14,15,16). The molecular formula is C10H14N8O2S. The van der Waals surface area contributed by atoms with E-state index in [2.05, 4.69) is 25.0 Å². The topological polar surface area (TPSA) is 133 Å². The summed E-state index contributed by atoms with van der Waals surface area (Å²) in [6.45, 7) is 0. The van der Waals surface area contributed by atoms with E-state index in [0.29, 0.717) is 12.4 Å². The van der Waals surface area contributed by atoms with E-state index in [9.17, 15) is 8.42 Å². The summed E-state index contributed by atoms with van der Waals surface area (Å²) in [5, 5.41) is 3.93. The molecule has 10 nitrogen and oxygen atoms in total. The van der Waals surface area contributed by atoms with Crippen LogP contribution in [0.25, 0.3) is 5.95 Å².